The molecule has 1 aliphatic heterocycles. The van der Waals surface area contributed by atoms with Gasteiger partial charge in [0.05, 0.1) is 0 Å². The van der Waals surface area contributed by atoms with Gasteiger partial charge in [-0.2, -0.15) is 0 Å². The fourth-order valence-corrected chi connectivity index (χ4v) is 2.53. The SMILES string of the molecule is CN1CCN(C)C(C(Cc2ccccn2)NN)C1. The number of nitrogens with two attached hydrogens (primary N) is 1. The van der Waals surface area contributed by atoms with Gasteiger partial charge in [0.2, 0.25) is 0 Å². The van der Waals surface area contributed by atoms with E-state index >= 15 is 0 Å². The van der Waals surface area contributed by atoms with Gasteiger partial charge in [0.1, 0.15) is 0 Å². The van der Waals surface area contributed by atoms with Crippen LogP contribution in [0.15, 0.2) is 24.4 Å². The Labute approximate surface area is 109 Å². The molecule has 2 unspecified atom stereocenters. The highest BCUT2D eigenvalue weighted by Gasteiger charge is 2.29. The summed E-state index contributed by atoms with van der Waals surface area (Å²) in [5.41, 5.74) is 4.05. The lowest BCUT2D eigenvalue weighted by atomic mass is 9.99. The van der Waals surface area contributed by atoms with Crippen molar-refractivity contribution < 1.29 is 0 Å². The summed E-state index contributed by atoms with van der Waals surface area (Å²) in [5.74, 6) is 5.74. The number of piperazine rings is 1. The van der Waals surface area contributed by atoms with Gasteiger partial charge >= 0.3 is 0 Å². The number of pyridine rings is 1. The maximum Gasteiger partial charge on any atom is 0.0433 e. The predicted molar refractivity (Wildman–Crippen MR) is 73.0 cm³/mol. The van der Waals surface area contributed by atoms with Crippen molar-refractivity contribution in [1.29, 1.82) is 0 Å². The van der Waals surface area contributed by atoms with Crippen LogP contribution in [-0.4, -0.2) is 60.6 Å². The lowest BCUT2D eigenvalue weighted by Gasteiger charge is -2.41. The van der Waals surface area contributed by atoms with E-state index in [2.05, 4.69) is 40.4 Å². The quantitative estimate of drug-likeness (QED) is 0.567. The van der Waals surface area contributed by atoms with Crippen molar-refractivity contribution in [3.8, 4) is 0 Å². The molecule has 0 saturated carbocycles. The zero-order valence-electron chi connectivity index (χ0n) is 11.2. The predicted octanol–water partition coefficient (Wildman–Crippen LogP) is -0.298. The Morgan fingerprint density at radius 2 is 2.28 bits per heavy atom. The largest absolute Gasteiger partial charge is 0.303 e. The van der Waals surface area contributed by atoms with Crippen LogP contribution in [0.4, 0.5) is 0 Å². The van der Waals surface area contributed by atoms with E-state index in [-0.39, 0.29) is 6.04 Å². The van der Waals surface area contributed by atoms with Crippen molar-refractivity contribution in [2.24, 2.45) is 5.84 Å². The van der Waals surface area contributed by atoms with Gasteiger partial charge in [0, 0.05) is 50.0 Å². The molecule has 0 amide bonds. The first kappa shape index (κ1) is 13.4. The highest BCUT2D eigenvalue weighted by molar-refractivity contribution is 5.07. The van der Waals surface area contributed by atoms with E-state index in [1.165, 1.54) is 0 Å². The van der Waals surface area contributed by atoms with Crippen LogP contribution in [0, 0.1) is 0 Å². The monoisotopic (exact) mass is 249 g/mol. The number of hydrazine groups is 1. The highest BCUT2D eigenvalue weighted by atomic mass is 15.3. The molecule has 1 aromatic rings. The lowest BCUT2D eigenvalue weighted by Crippen LogP contribution is -2.60. The van der Waals surface area contributed by atoms with Crippen molar-refractivity contribution in [1.82, 2.24) is 20.2 Å². The summed E-state index contributed by atoms with van der Waals surface area (Å²) < 4.78 is 0. The Kier molecular flexibility index (Phi) is 4.66. The van der Waals surface area contributed by atoms with Crippen molar-refractivity contribution in [3.63, 3.8) is 0 Å². The molecule has 0 spiro atoms. The molecule has 0 radical (unpaired) electrons. The molecule has 100 valence electrons. The summed E-state index contributed by atoms with van der Waals surface area (Å²) in [7, 11) is 4.33. The molecule has 2 heterocycles. The third-order valence-electron chi connectivity index (χ3n) is 3.73. The zero-order chi connectivity index (χ0) is 13.0. The third kappa shape index (κ3) is 3.26. The first-order chi connectivity index (χ1) is 8.70. The Bertz CT molecular complexity index is 356. The molecule has 3 N–H and O–H groups in total. The minimum atomic E-state index is 0.229. The van der Waals surface area contributed by atoms with E-state index in [9.17, 15) is 0 Å². The molecule has 0 bridgehead atoms. The fraction of sp³-hybridized carbons (Fsp3) is 0.615. The topological polar surface area (TPSA) is 57.4 Å². The normalized spacial score (nSPS) is 24.1. The standard InChI is InChI=1S/C13H23N5/c1-17-7-8-18(2)13(10-17)12(16-14)9-11-5-3-4-6-15-11/h3-6,12-13,16H,7-10,14H2,1-2H3. The molecule has 2 atom stereocenters. The molecule has 18 heavy (non-hydrogen) atoms. The molecule has 5 heteroatoms. The van der Waals surface area contributed by atoms with Crippen LogP contribution in [0.5, 0.6) is 0 Å². The lowest BCUT2D eigenvalue weighted by molar-refractivity contribution is 0.0874. The summed E-state index contributed by atoms with van der Waals surface area (Å²) in [6.07, 6.45) is 2.69. The molecule has 2 rings (SSSR count). The number of hydrogen-bond acceptors (Lipinski definition) is 5. The van der Waals surface area contributed by atoms with E-state index in [1.807, 2.05) is 18.3 Å². The van der Waals surface area contributed by atoms with E-state index in [1.54, 1.807) is 0 Å². The minimum absolute atomic E-state index is 0.229. The minimum Gasteiger partial charge on any atom is -0.303 e. The van der Waals surface area contributed by atoms with Crippen LogP contribution in [0.3, 0.4) is 0 Å². The summed E-state index contributed by atoms with van der Waals surface area (Å²) in [4.78, 5) is 9.11. The number of aromatic nitrogens is 1. The van der Waals surface area contributed by atoms with Gasteiger partial charge in [0.25, 0.3) is 0 Å². The highest BCUT2D eigenvalue weighted by Crippen LogP contribution is 2.12. The van der Waals surface area contributed by atoms with Gasteiger partial charge in [-0.05, 0) is 26.2 Å². The molecule has 1 aliphatic rings. The molecule has 5 nitrogen and oxygen atoms in total. The number of likely N-dealkylation sites (N-methyl/N-ethyl adjacent to an activating group) is 2. The van der Waals surface area contributed by atoms with Gasteiger partial charge in [-0.3, -0.25) is 21.2 Å². The Morgan fingerprint density at radius 3 is 2.94 bits per heavy atom. The Morgan fingerprint density at radius 1 is 1.44 bits per heavy atom. The summed E-state index contributed by atoms with van der Waals surface area (Å²) in [6.45, 7) is 3.24. The van der Waals surface area contributed by atoms with E-state index in [0.717, 1.165) is 31.7 Å². The molecule has 0 aromatic carbocycles. The van der Waals surface area contributed by atoms with Crippen LogP contribution in [0.2, 0.25) is 0 Å². The summed E-state index contributed by atoms with van der Waals surface area (Å²) in [6, 6.07) is 6.67. The van der Waals surface area contributed by atoms with Crippen molar-refractivity contribution in [2.75, 3.05) is 33.7 Å². The average molecular weight is 249 g/mol. The third-order valence-corrected chi connectivity index (χ3v) is 3.73. The zero-order valence-corrected chi connectivity index (χ0v) is 11.2. The average Bonchev–Trinajstić information content (AvgIpc) is 2.40. The van der Waals surface area contributed by atoms with Crippen LogP contribution in [-0.2, 0) is 6.42 Å². The smallest absolute Gasteiger partial charge is 0.0433 e. The van der Waals surface area contributed by atoms with Crippen LogP contribution in [0.25, 0.3) is 0 Å². The molecule has 1 aromatic heterocycles. The van der Waals surface area contributed by atoms with Gasteiger partial charge in [0.15, 0.2) is 0 Å². The van der Waals surface area contributed by atoms with Crippen LogP contribution in [0.1, 0.15) is 5.69 Å². The molecule has 1 saturated heterocycles. The number of rotatable bonds is 4. The maximum atomic E-state index is 5.74. The Balaban J connectivity index is 2.03. The first-order valence-electron chi connectivity index (χ1n) is 6.45. The molecular formula is C13H23N5. The second-order valence-corrected chi connectivity index (χ2v) is 5.11. The van der Waals surface area contributed by atoms with E-state index in [4.69, 9.17) is 5.84 Å². The van der Waals surface area contributed by atoms with Gasteiger partial charge < -0.3 is 4.90 Å². The number of nitrogens with one attached hydrogen (secondary N) is 1. The maximum absolute atomic E-state index is 5.74. The van der Waals surface area contributed by atoms with Crippen LogP contribution < -0.4 is 11.3 Å². The van der Waals surface area contributed by atoms with Gasteiger partial charge in [-0.15, -0.1) is 0 Å². The molecule has 1 fully saturated rings. The number of hydrogen-bond donors (Lipinski definition) is 2. The number of nitrogens with zero attached hydrogens (tertiary/aromatic N) is 3. The van der Waals surface area contributed by atoms with E-state index < -0.39 is 0 Å². The second-order valence-electron chi connectivity index (χ2n) is 5.11. The van der Waals surface area contributed by atoms with Crippen molar-refractivity contribution >= 4 is 0 Å². The second kappa shape index (κ2) is 6.24. The van der Waals surface area contributed by atoms with Gasteiger partial charge in [-0.1, -0.05) is 6.07 Å². The van der Waals surface area contributed by atoms with E-state index in [0.29, 0.717) is 6.04 Å². The summed E-state index contributed by atoms with van der Waals surface area (Å²) >= 11 is 0. The van der Waals surface area contributed by atoms with Gasteiger partial charge in [-0.25, -0.2) is 0 Å². The van der Waals surface area contributed by atoms with Crippen molar-refractivity contribution in [2.45, 2.75) is 18.5 Å². The summed E-state index contributed by atoms with van der Waals surface area (Å²) in [5, 5.41) is 0. The first-order valence-corrected chi connectivity index (χ1v) is 6.45. The Hall–Kier alpha value is -1.01. The van der Waals surface area contributed by atoms with Crippen molar-refractivity contribution in [3.05, 3.63) is 30.1 Å². The van der Waals surface area contributed by atoms with Crippen LogP contribution >= 0.6 is 0 Å². The molecular weight excluding hydrogens is 226 g/mol. The molecule has 0 aliphatic carbocycles. The fourth-order valence-electron chi connectivity index (χ4n) is 2.53.